The summed E-state index contributed by atoms with van der Waals surface area (Å²) < 4.78 is 6.50. The minimum Gasteiger partial charge on any atom is -0.469 e. The Hall–Kier alpha value is -0.650. The summed E-state index contributed by atoms with van der Waals surface area (Å²) >= 11 is 5.10. The topological polar surface area (TPSA) is 38.1 Å². The predicted molar refractivity (Wildman–Crippen MR) is 62.1 cm³/mol. The SMILES string of the molecule is Brc1cnc(C2NCCc3occc32)s1. The van der Waals surface area contributed by atoms with Gasteiger partial charge in [-0.25, -0.2) is 4.98 Å². The fraction of sp³-hybridized carbons (Fsp3) is 0.300. The summed E-state index contributed by atoms with van der Waals surface area (Å²) in [6, 6.07) is 2.23. The van der Waals surface area contributed by atoms with Crippen molar-refractivity contribution >= 4 is 27.3 Å². The molecule has 1 atom stereocenters. The predicted octanol–water partition coefficient (Wildman–Crippen LogP) is 2.73. The van der Waals surface area contributed by atoms with Crippen molar-refractivity contribution in [3.8, 4) is 0 Å². The molecule has 1 unspecified atom stereocenters. The molecule has 3 nitrogen and oxygen atoms in total. The van der Waals surface area contributed by atoms with Crippen molar-refractivity contribution in [2.45, 2.75) is 12.5 Å². The van der Waals surface area contributed by atoms with Crippen LogP contribution in [-0.4, -0.2) is 11.5 Å². The van der Waals surface area contributed by atoms with Crippen LogP contribution in [0, 0.1) is 0 Å². The maximum atomic E-state index is 5.44. The molecule has 0 aromatic carbocycles. The molecule has 3 rings (SSSR count). The van der Waals surface area contributed by atoms with Gasteiger partial charge in [-0.2, -0.15) is 0 Å². The fourth-order valence-corrected chi connectivity index (χ4v) is 3.21. The smallest absolute Gasteiger partial charge is 0.115 e. The Morgan fingerprint density at radius 3 is 3.33 bits per heavy atom. The lowest BCUT2D eigenvalue weighted by Crippen LogP contribution is -2.29. The van der Waals surface area contributed by atoms with Crippen LogP contribution in [0.5, 0.6) is 0 Å². The Morgan fingerprint density at radius 2 is 2.53 bits per heavy atom. The zero-order valence-electron chi connectivity index (χ0n) is 7.87. The average molecular weight is 285 g/mol. The Morgan fingerprint density at radius 1 is 1.60 bits per heavy atom. The second kappa shape index (κ2) is 3.73. The van der Waals surface area contributed by atoms with Gasteiger partial charge in [0.2, 0.25) is 0 Å². The van der Waals surface area contributed by atoms with Crippen LogP contribution in [0.1, 0.15) is 22.4 Å². The maximum Gasteiger partial charge on any atom is 0.115 e. The quantitative estimate of drug-likeness (QED) is 0.875. The standard InChI is InChI=1S/C10H9BrN2OS/c11-8-5-13-10(15-8)9-6-2-4-14-7(6)1-3-12-9/h2,4-5,9,12H,1,3H2. The second-order valence-electron chi connectivity index (χ2n) is 3.44. The fourth-order valence-electron chi connectivity index (χ4n) is 1.87. The molecule has 0 saturated carbocycles. The molecule has 1 aliphatic rings. The van der Waals surface area contributed by atoms with E-state index in [0.29, 0.717) is 0 Å². The molecule has 2 aromatic rings. The number of nitrogens with one attached hydrogen (secondary N) is 1. The number of furan rings is 1. The highest BCUT2D eigenvalue weighted by Crippen LogP contribution is 2.33. The van der Waals surface area contributed by atoms with Gasteiger partial charge in [-0.3, -0.25) is 0 Å². The number of hydrogen-bond acceptors (Lipinski definition) is 4. The van der Waals surface area contributed by atoms with Crippen LogP contribution in [0.25, 0.3) is 0 Å². The van der Waals surface area contributed by atoms with Crippen molar-refractivity contribution in [1.29, 1.82) is 0 Å². The first-order valence-corrected chi connectivity index (χ1v) is 6.36. The summed E-state index contributed by atoms with van der Waals surface area (Å²) in [6.07, 6.45) is 4.56. The van der Waals surface area contributed by atoms with Gasteiger partial charge in [0.05, 0.1) is 22.3 Å². The van der Waals surface area contributed by atoms with Crippen LogP contribution in [0.15, 0.2) is 26.7 Å². The van der Waals surface area contributed by atoms with Crippen molar-refractivity contribution in [1.82, 2.24) is 10.3 Å². The summed E-state index contributed by atoms with van der Waals surface area (Å²) in [5.74, 6) is 1.09. The van der Waals surface area contributed by atoms with Crippen molar-refractivity contribution in [2.75, 3.05) is 6.54 Å². The normalized spacial score (nSPS) is 20.2. The molecule has 0 amide bonds. The lowest BCUT2D eigenvalue weighted by molar-refractivity contribution is 0.455. The monoisotopic (exact) mass is 284 g/mol. The number of hydrogen-bond donors (Lipinski definition) is 1. The van der Waals surface area contributed by atoms with Gasteiger partial charge in [-0.15, -0.1) is 11.3 Å². The van der Waals surface area contributed by atoms with Gasteiger partial charge in [0.15, 0.2) is 0 Å². The third kappa shape index (κ3) is 1.64. The van der Waals surface area contributed by atoms with Gasteiger partial charge in [0.25, 0.3) is 0 Å². The van der Waals surface area contributed by atoms with Crippen molar-refractivity contribution < 1.29 is 4.42 Å². The largest absolute Gasteiger partial charge is 0.469 e. The third-order valence-electron chi connectivity index (χ3n) is 2.53. The van der Waals surface area contributed by atoms with Gasteiger partial charge in [-0.05, 0) is 22.0 Å². The number of thiazole rings is 1. The van der Waals surface area contributed by atoms with Crippen LogP contribution in [-0.2, 0) is 6.42 Å². The van der Waals surface area contributed by atoms with E-state index in [1.807, 2.05) is 12.3 Å². The highest BCUT2D eigenvalue weighted by Gasteiger charge is 2.25. The molecule has 0 radical (unpaired) electrons. The van der Waals surface area contributed by atoms with Crippen molar-refractivity contribution in [3.63, 3.8) is 0 Å². The Bertz CT molecular complexity index is 479. The van der Waals surface area contributed by atoms with Gasteiger partial charge in [-0.1, -0.05) is 0 Å². The first kappa shape index (κ1) is 9.57. The number of nitrogens with zero attached hydrogens (tertiary/aromatic N) is 1. The van der Waals surface area contributed by atoms with Crippen LogP contribution in [0.3, 0.4) is 0 Å². The van der Waals surface area contributed by atoms with Gasteiger partial charge in [0.1, 0.15) is 10.8 Å². The number of fused-ring (bicyclic) bond motifs is 1. The molecule has 0 fully saturated rings. The molecule has 5 heteroatoms. The van der Waals surface area contributed by atoms with Crippen LogP contribution >= 0.6 is 27.3 Å². The van der Waals surface area contributed by atoms with E-state index in [9.17, 15) is 0 Å². The molecule has 2 aromatic heterocycles. The third-order valence-corrected chi connectivity index (χ3v) is 4.07. The maximum absolute atomic E-state index is 5.44. The van der Waals surface area contributed by atoms with Crippen LogP contribution in [0.2, 0.25) is 0 Å². The summed E-state index contributed by atoms with van der Waals surface area (Å²) in [5.41, 5.74) is 1.23. The Labute approximate surface area is 99.6 Å². The van der Waals surface area contributed by atoms with E-state index in [2.05, 4.69) is 26.2 Å². The molecular weight excluding hydrogens is 276 g/mol. The zero-order valence-corrected chi connectivity index (χ0v) is 10.3. The summed E-state index contributed by atoms with van der Waals surface area (Å²) in [6.45, 7) is 0.947. The molecule has 1 N–H and O–H groups in total. The average Bonchev–Trinajstić information content (AvgIpc) is 2.84. The molecule has 1 aliphatic heterocycles. The molecular formula is C10H9BrN2OS. The number of halogens is 1. The Kier molecular flexibility index (Phi) is 2.38. The molecule has 15 heavy (non-hydrogen) atoms. The van der Waals surface area contributed by atoms with Crippen LogP contribution < -0.4 is 5.32 Å². The molecule has 3 heterocycles. The van der Waals surface area contributed by atoms with E-state index in [1.165, 1.54) is 5.56 Å². The molecule has 78 valence electrons. The summed E-state index contributed by atoms with van der Waals surface area (Å²) in [4.78, 5) is 4.39. The van der Waals surface area contributed by atoms with E-state index >= 15 is 0 Å². The first-order chi connectivity index (χ1) is 7.34. The van der Waals surface area contributed by atoms with Crippen molar-refractivity contribution in [3.05, 3.63) is 38.6 Å². The minimum absolute atomic E-state index is 0.198. The lowest BCUT2D eigenvalue weighted by atomic mass is 10.0. The lowest BCUT2D eigenvalue weighted by Gasteiger charge is -2.21. The summed E-state index contributed by atoms with van der Waals surface area (Å²) in [7, 11) is 0. The highest BCUT2D eigenvalue weighted by molar-refractivity contribution is 9.11. The number of rotatable bonds is 1. The molecule has 0 aliphatic carbocycles. The van der Waals surface area contributed by atoms with E-state index in [-0.39, 0.29) is 6.04 Å². The second-order valence-corrected chi connectivity index (χ2v) is 5.88. The molecule has 0 spiro atoms. The van der Waals surface area contributed by atoms with E-state index in [1.54, 1.807) is 17.6 Å². The number of aromatic nitrogens is 1. The zero-order chi connectivity index (χ0) is 10.3. The van der Waals surface area contributed by atoms with Crippen molar-refractivity contribution in [2.24, 2.45) is 0 Å². The van der Waals surface area contributed by atoms with E-state index < -0.39 is 0 Å². The van der Waals surface area contributed by atoms with Gasteiger partial charge >= 0.3 is 0 Å². The highest BCUT2D eigenvalue weighted by atomic mass is 79.9. The van der Waals surface area contributed by atoms with Gasteiger partial charge in [0, 0.05) is 18.5 Å². The van der Waals surface area contributed by atoms with E-state index in [4.69, 9.17) is 4.42 Å². The van der Waals surface area contributed by atoms with Crippen LogP contribution in [0.4, 0.5) is 0 Å². The Balaban J connectivity index is 2.02. The molecule has 0 bridgehead atoms. The molecule has 0 saturated heterocycles. The van der Waals surface area contributed by atoms with E-state index in [0.717, 1.165) is 27.5 Å². The van der Waals surface area contributed by atoms with Gasteiger partial charge < -0.3 is 9.73 Å². The summed E-state index contributed by atoms with van der Waals surface area (Å²) in [5, 5.41) is 4.55. The minimum atomic E-state index is 0.198. The first-order valence-electron chi connectivity index (χ1n) is 4.75.